The number of carbonyl (C=O) groups is 1. The van der Waals surface area contributed by atoms with E-state index in [0.717, 1.165) is 22.7 Å². The van der Waals surface area contributed by atoms with Crippen molar-refractivity contribution in [3.05, 3.63) is 59.9 Å². The molecule has 2 rings (SSSR count). The van der Waals surface area contributed by atoms with Crippen LogP contribution in [0.3, 0.4) is 0 Å². The number of hydrogen-bond donors (Lipinski definition) is 1. The minimum atomic E-state index is -3.98. The van der Waals surface area contributed by atoms with E-state index in [1.165, 1.54) is 36.4 Å². The van der Waals surface area contributed by atoms with Gasteiger partial charge in [0, 0.05) is 6.04 Å². The molecule has 0 spiro atoms. The van der Waals surface area contributed by atoms with E-state index >= 15 is 0 Å². The van der Waals surface area contributed by atoms with Gasteiger partial charge in [-0.15, -0.1) is 0 Å². The molecule has 0 heterocycles. The maximum absolute atomic E-state index is 13.3. The number of sulfonamides is 1. The van der Waals surface area contributed by atoms with Gasteiger partial charge in [-0.3, -0.25) is 9.10 Å². The Morgan fingerprint density at radius 3 is 2.26 bits per heavy atom. The molecule has 0 unspecified atom stereocenters. The number of benzene rings is 2. The van der Waals surface area contributed by atoms with Crippen LogP contribution in [0.1, 0.15) is 32.3 Å². The predicted molar refractivity (Wildman–Crippen MR) is 105 cm³/mol. The topological polar surface area (TPSA) is 66.5 Å². The van der Waals surface area contributed by atoms with Gasteiger partial charge in [0.25, 0.3) is 10.0 Å². The Labute approximate surface area is 160 Å². The van der Waals surface area contributed by atoms with Gasteiger partial charge in [0.2, 0.25) is 5.91 Å². The second-order valence-electron chi connectivity index (χ2n) is 6.56. The Hall–Kier alpha value is -2.41. The lowest BCUT2D eigenvalue weighted by atomic mass is 10.2. The lowest BCUT2D eigenvalue weighted by Crippen LogP contribution is -2.43. The largest absolute Gasteiger partial charge is 0.352 e. The van der Waals surface area contributed by atoms with Crippen LogP contribution in [0.2, 0.25) is 0 Å². The molecule has 0 saturated carbocycles. The Bertz CT molecular complexity index is 865. The van der Waals surface area contributed by atoms with Gasteiger partial charge in [-0.05, 0) is 56.7 Å². The van der Waals surface area contributed by atoms with E-state index in [9.17, 15) is 17.6 Å². The zero-order valence-electron chi connectivity index (χ0n) is 15.8. The van der Waals surface area contributed by atoms with Crippen LogP contribution in [0.5, 0.6) is 0 Å². The summed E-state index contributed by atoms with van der Waals surface area (Å²) in [5, 5.41) is 2.81. The molecule has 0 saturated heterocycles. The third kappa shape index (κ3) is 5.53. The average Bonchev–Trinajstić information content (AvgIpc) is 2.61. The van der Waals surface area contributed by atoms with Crippen LogP contribution in [-0.4, -0.2) is 26.9 Å². The smallest absolute Gasteiger partial charge is 0.264 e. The van der Waals surface area contributed by atoms with Gasteiger partial charge in [-0.25, -0.2) is 12.8 Å². The van der Waals surface area contributed by atoms with Crippen molar-refractivity contribution >= 4 is 21.6 Å². The number of carbonyl (C=O) groups excluding carboxylic acids is 1. The van der Waals surface area contributed by atoms with Gasteiger partial charge in [0.1, 0.15) is 12.4 Å². The summed E-state index contributed by atoms with van der Waals surface area (Å²) < 4.78 is 40.5. The van der Waals surface area contributed by atoms with Crippen molar-refractivity contribution in [2.45, 2.75) is 44.6 Å². The van der Waals surface area contributed by atoms with Crippen molar-refractivity contribution in [3.63, 3.8) is 0 Å². The fraction of sp³-hybridized carbons (Fsp3) is 0.350. The Balaban J connectivity index is 2.36. The van der Waals surface area contributed by atoms with Crippen molar-refractivity contribution in [1.29, 1.82) is 0 Å². The van der Waals surface area contributed by atoms with E-state index < -0.39 is 21.7 Å². The molecule has 2 aromatic carbocycles. The van der Waals surface area contributed by atoms with Crippen LogP contribution < -0.4 is 9.62 Å². The number of halogens is 1. The molecule has 7 heteroatoms. The predicted octanol–water partition coefficient (Wildman–Crippen LogP) is 3.63. The van der Waals surface area contributed by atoms with Crippen molar-refractivity contribution in [3.8, 4) is 0 Å². The molecule has 2 aromatic rings. The minimum absolute atomic E-state index is 0.0559. The highest BCUT2D eigenvalue weighted by atomic mass is 32.2. The molecule has 0 aliphatic carbocycles. The summed E-state index contributed by atoms with van der Waals surface area (Å²) in [5.41, 5.74) is 1.16. The molecule has 1 amide bonds. The summed E-state index contributed by atoms with van der Waals surface area (Å²) in [6, 6.07) is 11.4. The SMILES string of the molecule is CCC[C@@H](C)NC(=O)CN(c1ccc(F)cc1)S(=O)(=O)c1ccc(C)cc1. The van der Waals surface area contributed by atoms with Gasteiger partial charge in [0.15, 0.2) is 0 Å². The second kappa shape index (κ2) is 8.99. The van der Waals surface area contributed by atoms with Crippen LogP contribution >= 0.6 is 0 Å². The first-order valence-corrected chi connectivity index (χ1v) is 10.3. The first-order chi connectivity index (χ1) is 12.7. The summed E-state index contributed by atoms with van der Waals surface area (Å²) >= 11 is 0. The lowest BCUT2D eigenvalue weighted by molar-refractivity contribution is -0.120. The van der Waals surface area contributed by atoms with Crippen LogP contribution in [0, 0.1) is 12.7 Å². The number of anilines is 1. The molecule has 0 aliphatic rings. The monoisotopic (exact) mass is 392 g/mol. The Morgan fingerprint density at radius 2 is 1.70 bits per heavy atom. The van der Waals surface area contributed by atoms with E-state index in [-0.39, 0.29) is 23.2 Å². The fourth-order valence-electron chi connectivity index (χ4n) is 2.72. The summed E-state index contributed by atoms with van der Waals surface area (Å²) in [4.78, 5) is 12.5. The number of aryl methyl sites for hydroxylation is 1. The highest BCUT2D eigenvalue weighted by molar-refractivity contribution is 7.92. The second-order valence-corrected chi connectivity index (χ2v) is 8.42. The quantitative estimate of drug-likeness (QED) is 0.746. The maximum atomic E-state index is 13.3. The zero-order chi connectivity index (χ0) is 20.0. The molecule has 1 atom stereocenters. The van der Waals surface area contributed by atoms with E-state index in [1.807, 2.05) is 20.8 Å². The molecule has 1 N–H and O–H groups in total. The van der Waals surface area contributed by atoms with Gasteiger partial charge >= 0.3 is 0 Å². The average molecular weight is 392 g/mol. The number of amides is 1. The van der Waals surface area contributed by atoms with E-state index in [4.69, 9.17) is 0 Å². The van der Waals surface area contributed by atoms with Crippen molar-refractivity contribution < 1.29 is 17.6 Å². The van der Waals surface area contributed by atoms with Crippen LogP contribution in [0.15, 0.2) is 53.4 Å². The molecule has 0 aliphatic heterocycles. The van der Waals surface area contributed by atoms with Gasteiger partial charge in [0.05, 0.1) is 10.6 Å². The van der Waals surface area contributed by atoms with Gasteiger partial charge in [-0.1, -0.05) is 31.0 Å². The zero-order valence-corrected chi connectivity index (χ0v) is 16.6. The normalized spacial score (nSPS) is 12.4. The Morgan fingerprint density at radius 1 is 1.11 bits per heavy atom. The number of rotatable bonds is 8. The molecule has 146 valence electrons. The first kappa shape index (κ1) is 20.9. The van der Waals surface area contributed by atoms with Crippen LogP contribution in [0.4, 0.5) is 10.1 Å². The lowest BCUT2D eigenvalue weighted by Gasteiger charge is -2.25. The maximum Gasteiger partial charge on any atom is 0.264 e. The molecule has 0 aromatic heterocycles. The summed E-state index contributed by atoms with van der Waals surface area (Å²) in [6.45, 7) is 5.36. The summed E-state index contributed by atoms with van der Waals surface area (Å²) in [7, 11) is -3.98. The van der Waals surface area contributed by atoms with Gasteiger partial charge < -0.3 is 5.32 Å². The molecule has 0 fully saturated rings. The van der Waals surface area contributed by atoms with Gasteiger partial charge in [-0.2, -0.15) is 0 Å². The first-order valence-electron chi connectivity index (χ1n) is 8.88. The molecular formula is C20H25FN2O3S. The van der Waals surface area contributed by atoms with Crippen molar-refractivity contribution in [1.82, 2.24) is 5.32 Å². The van der Waals surface area contributed by atoms with E-state index in [1.54, 1.807) is 12.1 Å². The number of nitrogens with zero attached hydrogens (tertiary/aromatic N) is 1. The number of hydrogen-bond acceptors (Lipinski definition) is 3. The van der Waals surface area contributed by atoms with E-state index in [2.05, 4.69) is 5.32 Å². The standard InChI is InChI=1S/C20H25FN2O3S/c1-4-5-16(3)22-20(24)14-23(18-10-8-17(21)9-11-18)27(25,26)19-12-6-15(2)7-13-19/h6-13,16H,4-5,14H2,1-3H3,(H,22,24)/t16-/m1/s1. The third-order valence-electron chi connectivity index (χ3n) is 4.14. The summed E-state index contributed by atoms with van der Waals surface area (Å²) in [6.07, 6.45) is 1.71. The molecule has 27 heavy (non-hydrogen) atoms. The fourth-order valence-corrected chi connectivity index (χ4v) is 4.14. The molecule has 0 radical (unpaired) electrons. The van der Waals surface area contributed by atoms with Crippen LogP contribution in [0.25, 0.3) is 0 Å². The highest BCUT2D eigenvalue weighted by Gasteiger charge is 2.27. The highest BCUT2D eigenvalue weighted by Crippen LogP contribution is 2.24. The molecule has 0 bridgehead atoms. The van der Waals surface area contributed by atoms with Crippen LogP contribution in [-0.2, 0) is 14.8 Å². The minimum Gasteiger partial charge on any atom is -0.352 e. The summed E-state index contributed by atoms with van der Waals surface area (Å²) in [5.74, 6) is -0.886. The number of nitrogens with one attached hydrogen (secondary N) is 1. The van der Waals surface area contributed by atoms with Crippen molar-refractivity contribution in [2.24, 2.45) is 0 Å². The molecule has 5 nitrogen and oxygen atoms in total. The van der Waals surface area contributed by atoms with E-state index in [0.29, 0.717) is 0 Å². The Kier molecular flexibility index (Phi) is 6.96. The third-order valence-corrected chi connectivity index (χ3v) is 5.93. The molecular weight excluding hydrogens is 367 g/mol. The van der Waals surface area contributed by atoms with Crippen molar-refractivity contribution in [2.75, 3.05) is 10.8 Å².